The van der Waals surface area contributed by atoms with E-state index in [4.69, 9.17) is 9.47 Å². The van der Waals surface area contributed by atoms with Crippen LogP contribution in [0, 0.1) is 0 Å². The molecule has 0 fully saturated rings. The van der Waals surface area contributed by atoms with Gasteiger partial charge in [-0.1, -0.05) is 13.0 Å². The van der Waals surface area contributed by atoms with E-state index < -0.39 is 6.10 Å². The summed E-state index contributed by atoms with van der Waals surface area (Å²) in [6, 6.07) is 4.88. The first-order valence-corrected chi connectivity index (χ1v) is 9.20. The molecule has 3 N–H and O–H groups in total. The van der Waals surface area contributed by atoms with Crippen LogP contribution < -0.4 is 20.7 Å². The van der Waals surface area contributed by atoms with E-state index in [1.165, 1.54) is 0 Å². The largest absolute Gasteiger partial charge is 0.478 e. The molecule has 0 unspecified atom stereocenters. The van der Waals surface area contributed by atoms with Gasteiger partial charge in [0.15, 0.2) is 6.10 Å². The highest BCUT2D eigenvalue weighted by Crippen LogP contribution is 2.33. The maximum absolute atomic E-state index is 12.3. The lowest BCUT2D eigenvalue weighted by atomic mass is 10.1. The molecule has 3 rings (SSSR count). The Bertz CT molecular complexity index is 851. The number of carbonyl (C=O) groups excluding carboxylic acids is 2. The average Bonchev–Trinajstić information content (AvgIpc) is 3.12. The molecule has 0 saturated heterocycles. The number of rotatable bonds is 7. The van der Waals surface area contributed by atoms with E-state index in [0.717, 1.165) is 5.56 Å². The molecule has 2 heterocycles. The van der Waals surface area contributed by atoms with E-state index in [9.17, 15) is 9.59 Å². The molecule has 0 spiro atoms. The minimum Gasteiger partial charge on any atom is -0.478 e. The molecule has 150 valence electrons. The van der Waals surface area contributed by atoms with Crippen molar-refractivity contribution in [3.05, 3.63) is 36.2 Å². The molecule has 1 aliphatic rings. The van der Waals surface area contributed by atoms with Crippen LogP contribution in [0.2, 0.25) is 0 Å². The third kappa shape index (κ3) is 4.61. The van der Waals surface area contributed by atoms with Crippen molar-refractivity contribution in [3.63, 3.8) is 0 Å². The number of methoxy groups -OCH3 is 1. The third-order valence-electron chi connectivity index (χ3n) is 4.46. The maximum atomic E-state index is 12.3. The molecule has 1 aromatic heterocycles. The van der Waals surface area contributed by atoms with Crippen molar-refractivity contribution >= 4 is 23.3 Å². The summed E-state index contributed by atoms with van der Waals surface area (Å²) >= 11 is 0. The summed E-state index contributed by atoms with van der Waals surface area (Å²) in [5, 5.41) is 12.6. The van der Waals surface area contributed by atoms with Crippen LogP contribution in [0.4, 0.5) is 16.2 Å². The lowest BCUT2D eigenvalue weighted by molar-refractivity contribution is -0.123. The van der Waals surface area contributed by atoms with Crippen LogP contribution in [0.5, 0.6) is 5.75 Å². The first kappa shape index (κ1) is 19.7. The molecule has 9 nitrogen and oxygen atoms in total. The number of amides is 3. The van der Waals surface area contributed by atoms with Crippen molar-refractivity contribution in [2.24, 2.45) is 0 Å². The standard InChI is InChI=1S/C19H25N5O4/c1-4-16-18(25)23-15-6-5-13(9-17(15)28-16)12(2)21-19(26)22-14-10-20-24(11-14)7-8-27-3/h5-6,9-12,16H,4,7-8H2,1-3H3,(H,23,25)(H2,21,22,26)/t12-,16-/m1/s1. The van der Waals surface area contributed by atoms with E-state index in [2.05, 4.69) is 21.0 Å². The van der Waals surface area contributed by atoms with Crippen LogP contribution in [0.15, 0.2) is 30.6 Å². The lowest BCUT2D eigenvalue weighted by Crippen LogP contribution is -2.36. The van der Waals surface area contributed by atoms with E-state index >= 15 is 0 Å². The second-order valence-corrected chi connectivity index (χ2v) is 6.56. The fourth-order valence-electron chi connectivity index (χ4n) is 2.88. The molecule has 0 radical (unpaired) electrons. The van der Waals surface area contributed by atoms with Crippen molar-refractivity contribution in [1.29, 1.82) is 0 Å². The fraction of sp³-hybridized carbons (Fsp3) is 0.421. The predicted molar refractivity (Wildman–Crippen MR) is 104 cm³/mol. The molecule has 0 bridgehead atoms. The summed E-state index contributed by atoms with van der Waals surface area (Å²) in [6.07, 6.45) is 3.41. The number of anilines is 2. The number of hydrogen-bond donors (Lipinski definition) is 3. The fourth-order valence-corrected chi connectivity index (χ4v) is 2.88. The maximum Gasteiger partial charge on any atom is 0.319 e. The van der Waals surface area contributed by atoms with Crippen molar-refractivity contribution < 1.29 is 19.1 Å². The first-order chi connectivity index (χ1) is 13.5. The van der Waals surface area contributed by atoms with Gasteiger partial charge in [0.1, 0.15) is 5.75 Å². The smallest absolute Gasteiger partial charge is 0.319 e. The van der Waals surface area contributed by atoms with Crippen LogP contribution in [-0.4, -0.2) is 41.5 Å². The quantitative estimate of drug-likeness (QED) is 0.677. The number of hydrogen-bond acceptors (Lipinski definition) is 5. The number of aromatic nitrogens is 2. The molecule has 0 saturated carbocycles. The molecule has 2 aromatic rings. The van der Waals surface area contributed by atoms with Crippen LogP contribution in [-0.2, 0) is 16.1 Å². The summed E-state index contributed by atoms with van der Waals surface area (Å²) in [5.74, 6) is 0.469. The highest BCUT2D eigenvalue weighted by molar-refractivity contribution is 5.97. The number of nitrogens with one attached hydrogen (secondary N) is 3. The Kier molecular flexibility index (Phi) is 6.15. The Morgan fingerprint density at radius 1 is 1.46 bits per heavy atom. The van der Waals surface area contributed by atoms with Gasteiger partial charge in [-0.25, -0.2) is 4.79 Å². The molecule has 28 heavy (non-hydrogen) atoms. The molecule has 9 heteroatoms. The van der Waals surface area contributed by atoms with Crippen molar-refractivity contribution in [1.82, 2.24) is 15.1 Å². The Morgan fingerprint density at radius 3 is 3.04 bits per heavy atom. The highest BCUT2D eigenvalue weighted by atomic mass is 16.5. The van der Waals surface area contributed by atoms with Crippen molar-refractivity contribution in [2.75, 3.05) is 24.4 Å². The molecule has 1 aliphatic heterocycles. The summed E-state index contributed by atoms with van der Waals surface area (Å²) in [6.45, 7) is 4.93. The second kappa shape index (κ2) is 8.75. The second-order valence-electron chi connectivity index (χ2n) is 6.56. The lowest BCUT2D eigenvalue weighted by Gasteiger charge is -2.26. The van der Waals surface area contributed by atoms with Gasteiger partial charge in [-0.2, -0.15) is 5.10 Å². The number of nitrogens with zero attached hydrogens (tertiary/aromatic N) is 2. The van der Waals surface area contributed by atoms with Gasteiger partial charge < -0.3 is 25.4 Å². The molecule has 2 atom stereocenters. The average molecular weight is 387 g/mol. The summed E-state index contributed by atoms with van der Waals surface area (Å²) in [4.78, 5) is 24.1. The Morgan fingerprint density at radius 2 is 2.29 bits per heavy atom. The van der Waals surface area contributed by atoms with Crippen LogP contribution >= 0.6 is 0 Å². The van der Waals surface area contributed by atoms with Crippen molar-refractivity contribution in [2.45, 2.75) is 39.0 Å². The SMILES string of the molecule is CC[C@H]1Oc2cc([C@@H](C)NC(=O)Nc3cnn(CCOC)c3)ccc2NC1=O. The molecular formula is C19H25N5O4. The van der Waals surface area contributed by atoms with Crippen LogP contribution in [0.1, 0.15) is 31.9 Å². The zero-order valence-electron chi connectivity index (χ0n) is 16.2. The molecular weight excluding hydrogens is 362 g/mol. The van der Waals surface area contributed by atoms with Crippen molar-refractivity contribution in [3.8, 4) is 5.75 Å². The minimum atomic E-state index is -0.496. The molecule has 1 aromatic carbocycles. The normalized spacial score (nSPS) is 16.5. The van der Waals surface area contributed by atoms with Gasteiger partial charge in [-0.05, 0) is 31.0 Å². The van der Waals surface area contributed by atoms with Gasteiger partial charge >= 0.3 is 6.03 Å². The predicted octanol–water partition coefficient (Wildman–Crippen LogP) is 2.52. The van der Waals surface area contributed by atoms with Gasteiger partial charge in [0.05, 0.1) is 36.8 Å². The summed E-state index contributed by atoms with van der Waals surface area (Å²) < 4.78 is 12.5. The van der Waals surface area contributed by atoms with Gasteiger partial charge in [0.25, 0.3) is 5.91 Å². The number of carbonyl (C=O) groups is 2. The monoisotopic (exact) mass is 387 g/mol. The Labute approximate surface area is 163 Å². The van der Waals surface area contributed by atoms with E-state index in [-0.39, 0.29) is 18.0 Å². The zero-order valence-corrected chi connectivity index (χ0v) is 16.2. The van der Waals surface area contributed by atoms with E-state index in [1.54, 1.807) is 30.3 Å². The Balaban J connectivity index is 1.60. The van der Waals surface area contributed by atoms with E-state index in [1.807, 2.05) is 26.0 Å². The topological polar surface area (TPSA) is 107 Å². The Hall–Kier alpha value is -3.07. The number of fused-ring (bicyclic) bond motifs is 1. The molecule has 0 aliphatic carbocycles. The summed E-state index contributed by atoms with van der Waals surface area (Å²) in [5.41, 5.74) is 2.11. The van der Waals surface area contributed by atoms with Gasteiger partial charge in [0, 0.05) is 13.3 Å². The van der Waals surface area contributed by atoms with Gasteiger partial charge in [0.2, 0.25) is 0 Å². The van der Waals surface area contributed by atoms with Crippen LogP contribution in [0.25, 0.3) is 0 Å². The number of ether oxygens (including phenoxy) is 2. The molecule has 3 amide bonds. The third-order valence-corrected chi connectivity index (χ3v) is 4.46. The minimum absolute atomic E-state index is 0.139. The van der Waals surface area contributed by atoms with Gasteiger partial charge in [-0.3, -0.25) is 9.48 Å². The van der Waals surface area contributed by atoms with Gasteiger partial charge in [-0.15, -0.1) is 0 Å². The number of urea groups is 1. The van der Waals surface area contributed by atoms with E-state index in [0.29, 0.717) is 36.7 Å². The highest BCUT2D eigenvalue weighted by Gasteiger charge is 2.26. The zero-order chi connectivity index (χ0) is 20.1. The van der Waals surface area contributed by atoms with Crippen LogP contribution in [0.3, 0.4) is 0 Å². The summed E-state index contributed by atoms with van der Waals surface area (Å²) in [7, 11) is 1.62. The number of benzene rings is 1. The first-order valence-electron chi connectivity index (χ1n) is 9.20.